The van der Waals surface area contributed by atoms with E-state index in [1.807, 2.05) is 43.3 Å². The zero-order chi connectivity index (χ0) is 16.1. The van der Waals surface area contributed by atoms with E-state index in [1.54, 1.807) is 4.90 Å². The molecule has 2 aromatic rings. The van der Waals surface area contributed by atoms with Crippen molar-refractivity contribution >= 4 is 11.6 Å². The van der Waals surface area contributed by atoms with Gasteiger partial charge in [0, 0.05) is 5.69 Å². The number of carbonyl (C=O) groups is 1. The van der Waals surface area contributed by atoms with Gasteiger partial charge in [-0.3, -0.25) is 4.79 Å². The van der Waals surface area contributed by atoms with E-state index in [9.17, 15) is 4.79 Å². The van der Waals surface area contributed by atoms with E-state index in [-0.39, 0.29) is 18.7 Å². The van der Waals surface area contributed by atoms with Crippen molar-refractivity contribution in [3.63, 3.8) is 0 Å². The number of nitrogens with zero attached hydrogens (tertiary/aromatic N) is 1. The fourth-order valence-electron chi connectivity index (χ4n) is 3.13. The summed E-state index contributed by atoms with van der Waals surface area (Å²) in [6, 6.07) is 11.0. The quantitative estimate of drug-likeness (QED) is 0.865. The maximum Gasteiger partial charge on any atom is 0.247 e. The Morgan fingerprint density at radius 2 is 1.83 bits per heavy atom. The molecule has 118 valence electrons. The summed E-state index contributed by atoms with van der Waals surface area (Å²) >= 11 is 0. The Labute approximate surface area is 134 Å². The fraction of sp³-hybridized carbons (Fsp3) is 0.278. The average molecular weight is 310 g/mol. The molecule has 0 radical (unpaired) electrons. The summed E-state index contributed by atoms with van der Waals surface area (Å²) < 4.78 is 10.8. The van der Waals surface area contributed by atoms with Gasteiger partial charge in [-0.2, -0.15) is 0 Å². The van der Waals surface area contributed by atoms with Crippen molar-refractivity contribution < 1.29 is 14.3 Å². The molecule has 4 rings (SSSR count). The van der Waals surface area contributed by atoms with Crippen LogP contribution in [0.3, 0.4) is 0 Å². The van der Waals surface area contributed by atoms with Gasteiger partial charge in [0.25, 0.3) is 0 Å². The smallest absolute Gasteiger partial charge is 0.247 e. The van der Waals surface area contributed by atoms with E-state index in [2.05, 4.69) is 6.92 Å². The number of carbonyl (C=O) groups excluding carboxylic acids is 1. The molecule has 1 fully saturated rings. The predicted octanol–water partition coefficient (Wildman–Crippen LogP) is 2.45. The van der Waals surface area contributed by atoms with Crippen molar-refractivity contribution in [3.05, 3.63) is 53.1 Å². The second-order valence-corrected chi connectivity index (χ2v) is 6.06. The highest BCUT2D eigenvalue weighted by Gasteiger charge is 2.47. The zero-order valence-electron chi connectivity index (χ0n) is 13.1. The third-order valence-electron chi connectivity index (χ3n) is 4.65. The van der Waals surface area contributed by atoms with E-state index in [0.717, 1.165) is 22.6 Å². The van der Waals surface area contributed by atoms with Crippen LogP contribution in [0.25, 0.3) is 0 Å². The van der Waals surface area contributed by atoms with Crippen molar-refractivity contribution in [1.82, 2.24) is 0 Å². The van der Waals surface area contributed by atoms with Crippen molar-refractivity contribution in [2.45, 2.75) is 25.9 Å². The van der Waals surface area contributed by atoms with Crippen LogP contribution in [0.4, 0.5) is 5.69 Å². The van der Waals surface area contributed by atoms with E-state index >= 15 is 0 Å². The molecular weight excluding hydrogens is 292 g/mol. The third kappa shape index (κ3) is 2.08. The Morgan fingerprint density at radius 1 is 1.04 bits per heavy atom. The minimum atomic E-state index is -0.531. The number of anilines is 1. The van der Waals surface area contributed by atoms with Crippen LogP contribution in [-0.2, 0) is 4.79 Å². The van der Waals surface area contributed by atoms with Crippen LogP contribution in [0.5, 0.6) is 11.5 Å². The first-order valence-corrected chi connectivity index (χ1v) is 7.62. The molecule has 0 aromatic heterocycles. The molecule has 2 N–H and O–H groups in total. The van der Waals surface area contributed by atoms with Gasteiger partial charge in [-0.25, -0.2) is 0 Å². The molecular formula is C18H18N2O3. The highest BCUT2D eigenvalue weighted by Crippen LogP contribution is 2.42. The second-order valence-electron chi connectivity index (χ2n) is 6.06. The van der Waals surface area contributed by atoms with Crippen LogP contribution in [0, 0.1) is 13.8 Å². The molecule has 5 heteroatoms. The fourth-order valence-corrected chi connectivity index (χ4v) is 3.13. The second kappa shape index (κ2) is 4.99. The van der Waals surface area contributed by atoms with E-state index in [4.69, 9.17) is 15.2 Å². The molecule has 0 unspecified atom stereocenters. The number of hydrogen-bond donors (Lipinski definition) is 1. The van der Waals surface area contributed by atoms with Crippen molar-refractivity contribution in [3.8, 4) is 11.5 Å². The minimum absolute atomic E-state index is 0.0593. The Balaban J connectivity index is 1.72. The monoisotopic (exact) mass is 310 g/mol. The molecule has 0 aliphatic carbocycles. The molecule has 0 saturated carbocycles. The maximum atomic E-state index is 12.3. The highest BCUT2D eigenvalue weighted by molar-refractivity contribution is 6.05. The number of fused-ring (bicyclic) bond motifs is 1. The lowest BCUT2D eigenvalue weighted by Gasteiger charge is -2.45. The van der Waals surface area contributed by atoms with Gasteiger partial charge in [0.2, 0.25) is 12.7 Å². The Morgan fingerprint density at radius 3 is 2.61 bits per heavy atom. The van der Waals surface area contributed by atoms with Crippen molar-refractivity contribution in [2.24, 2.45) is 5.73 Å². The highest BCUT2D eigenvalue weighted by atomic mass is 16.7. The molecule has 1 saturated heterocycles. The largest absolute Gasteiger partial charge is 0.454 e. The Bertz CT molecular complexity index is 803. The molecule has 2 aliphatic heterocycles. The standard InChI is InChI=1S/C18H18N2O3/c1-10-3-5-13(7-11(10)2)20-17(16(19)18(20)21)12-4-6-14-15(8-12)23-9-22-14/h3-8,16-17H,9,19H2,1-2H3/t16-,17-/m0/s1. The van der Waals surface area contributed by atoms with E-state index < -0.39 is 6.04 Å². The van der Waals surface area contributed by atoms with Crippen LogP contribution in [0.1, 0.15) is 22.7 Å². The van der Waals surface area contributed by atoms with Gasteiger partial charge in [0.05, 0.1) is 6.04 Å². The number of β-lactam (4-membered cyclic amide) rings is 1. The number of amides is 1. The van der Waals surface area contributed by atoms with Gasteiger partial charge in [0.15, 0.2) is 11.5 Å². The molecule has 2 aromatic carbocycles. The lowest BCUT2D eigenvalue weighted by atomic mass is 9.88. The van der Waals surface area contributed by atoms with Gasteiger partial charge in [-0.05, 0) is 54.8 Å². The number of ether oxygens (including phenoxy) is 2. The summed E-state index contributed by atoms with van der Waals surface area (Å²) in [6.07, 6.45) is 0. The Kier molecular flexibility index (Phi) is 3.06. The molecule has 5 nitrogen and oxygen atoms in total. The van der Waals surface area contributed by atoms with Gasteiger partial charge in [-0.1, -0.05) is 12.1 Å². The van der Waals surface area contributed by atoms with Crippen molar-refractivity contribution in [2.75, 3.05) is 11.7 Å². The molecule has 1 amide bonds. The summed E-state index contributed by atoms with van der Waals surface area (Å²) in [4.78, 5) is 14.1. The lowest BCUT2D eigenvalue weighted by molar-refractivity contribution is -0.126. The van der Waals surface area contributed by atoms with E-state index in [1.165, 1.54) is 5.56 Å². The minimum Gasteiger partial charge on any atom is -0.454 e. The van der Waals surface area contributed by atoms with Gasteiger partial charge >= 0.3 is 0 Å². The zero-order valence-corrected chi connectivity index (χ0v) is 13.1. The summed E-state index contributed by atoms with van der Waals surface area (Å²) in [5, 5.41) is 0. The first-order chi connectivity index (χ1) is 11.1. The number of rotatable bonds is 2. The van der Waals surface area contributed by atoms with Gasteiger partial charge in [-0.15, -0.1) is 0 Å². The first-order valence-electron chi connectivity index (χ1n) is 7.62. The molecule has 0 bridgehead atoms. The molecule has 2 heterocycles. The van der Waals surface area contributed by atoms with Crippen molar-refractivity contribution in [1.29, 1.82) is 0 Å². The summed E-state index contributed by atoms with van der Waals surface area (Å²) in [6.45, 7) is 4.33. The summed E-state index contributed by atoms with van der Waals surface area (Å²) in [5.41, 5.74) is 10.3. The summed E-state index contributed by atoms with van der Waals surface area (Å²) in [7, 11) is 0. The SMILES string of the molecule is Cc1ccc(N2C(=O)[C@@H](N)[C@@H]2c2ccc3c(c2)OCO3)cc1C. The van der Waals surface area contributed by atoms with Gasteiger partial charge < -0.3 is 20.1 Å². The Hall–Kier alpha value is -2.53. The van der Waals surface area contributed by atoms with Crippen LogP contribution < -0.4 is 20.1 Å². The normalized spacial score (nSPS) is 22.2. The predicted molar refractivity (Wildman–Crippen MR) is 86.7 cm³/mol. The first kappa shape index (κ1) is 14.1. The molecule has 2 aliphatic rings. The van der Waals surface area contributed by atoms with E-state index in [0.29, 0.717) is 5.75 Å². The van der Waals surface area contributed by atoms with Gasteiger partial charge in [0.1, 0.15) is 6.04 Å². The lowest BCUT2D eigenvalue weighted by Crippen LogP contribution is -2.63. The molecule has 0 spiro atoms. The summed E-state index contributed by atoms with van der Waals surface area (Å²) in [5.74, 6) is 1.37. The number of hydrogen-bond acceptors (Lipinski definition) is 4. The average Bonchev–Trinajstić information content (AvgIpc) is 3.02. The van der Waals surface area contributed by atoms with Crippen LogP contribution >= 0.6 is 0 Å². The van der Waals surface area contributed by atoms with Crippen LogP contribution in [0.2, 0.25) is 0 Å². The number of benzene rings is 2. The topological polar surface area (TPSA) is 64.8 Å². The maximum absolute atomic E-state index is 12.3. The van der Waals surface area contributed by atoms with Crippen LogP contribution in [-0.4, -0.2) is 18.7 Å². The third-order valence-corrected chi connectivity index (χ3v) is 4.65. The van der Waals surface area contributed by atoms with Crippen LogP contribution in [0.15, 0.2) is 36.4 Å². The number of aryl methyl sites for hydroxylation is 2. The molecule has 23 heavy (non-hydrogen) atoms. The number of nitrogens with two attached hydrogens (primary N) is 1. The molecule has 2 atom stereocenters.